The number of aryl methyl sites for hydroxylation is 1. The van der Waals surface area contributed by atoms with Gasteiger partial charge >= 0.3 is 0 Å². The van der Waals surface area contributed by atoms with Crippen molar-refractivity contribution in [3.63, 3.8) is 0 Å². The van der Waals surface area contributed by atoms with E-state index in [9.17, 15) is 4.79 Å². The van der Waals surface area contributed by atoms with Gasteiger partial charge < -0.3 is 9.88 Å². The van der Waals surface area contributed by atoms with Crippen LogP contribution in [0.3, 0.4) is 0 Å². The van der Waals surface area contributed by atoms with Crippen molar-refractivity contribution >= 4 is 5.91 Å². The van der Waals surface area contributed by atoms with Crippen LogP contribution in [0.5, 0.6) is 0 Å². The first-order valence-electron chi connectivity index (χ1n) is 7.33. The molecule has 0 bridgehead atoms. The zero-order valence-electron chi connectivity index (χ0n) is 12.2. The van der Waals surface area contributed by atoms with E-state index in [1.54, 1.807) is 6.07 Å². The van der Waals surface area contributed by atoms with Gasteiger partial charge in [0.2, 0.25) is 0 Å². The number of carbonyl (C=O) groups excluding carboxylic acids is 1. The molecule has 3 rings (SSSR count). The molecule has 0 saturated heterocycles. The number of aromatic nitrogens is 3. The number of hydrogen-bond acceptors (Lipinski definition) is 2. The van der Waals surface area contributed by atoms with E-state index >= 15 is 0 Å². The standard InChI is InChI=1S/C17H18N4O/c22-17(18-9-6-12-21-10-4-5-11-21)16-13-15(19-20-16)14-7-2-1-3-8-14/h1-5,7-8,10-11,13H,6,9,12H2,(H,18,22)(H,19,20). The molecule has 0 saturated carbocycles. The van der Waals surface area contributed by atoms with Gasteiger partial charge in [0.1, 0.15) is 5.69 Å². The number of H-pyrrole nitrogens is 1. The molecular weight excluding hydrogens is 276 g/mol. The predicted molar refractivity (Wildman–Crippen MR) is 85.4 cm³/mol. The van der Waals surface area contributed by atoms with Gasteiger partial charge in [-0.2, -0.15) is 5.10 Å². The lowest BCUT2D eigenvalue weighted by Crippen LogP contribution is -2.25. The minimum absolute atomic E-state index is 0.123. The highest BCUT2D eigenvalue weighted by Crippen LogP contribution is 2.16. The Hall–Kier alpha value is -2.82. The fraction of sp³-hybridized carbons (Fsp3) is 0.176. The Morgan fingerprint density at radius 2 is 1.91 bits per heavy atom. The minimum atomic E-state index is -0.123. The first-order chi connectivity index (χ1) is 10.8. The molecule has 0 aliphatic rings. The summed E-state index contributed by atoms with van der Waals surface area (Å²) < 4.78 is 2.09. The van der Waals surface area contributed by atoms with Gasteiger partial charge in [0.05, 0.1) is 5.69 Å². The van der Waals surface area contributed by atoms with Gasteiger partial charge in [-0.25, -0.2) is 0 Å². The summed E-state index contributed by atoms with van der Waals surface area (Å²) in [6.07, 6.45) is 4.92. The van der Waals surface area contributed by atoms with E-state index in [2.05, 4.69) is 20.1 Å². The third kappa shape index (κ3) is 3.44. The van der Waals surface area contributed by atoms with E-state index in [4.69, 9.17) is 0 Å². The molecule has 5 nitrogen and oxygen atoms in total. The molecule has 22 heavy (non-hydrogen) atoms. The third-order valence-electron chi connectivity index (χ3n) is 3.44. The van der Waals surface area contributed by atoms with Crippen molar-refractivity contribution < 1.29 is 4.79 Å². The maximum atomic E-state index is 12.1. The number of aromatic amines is 1. The average molecular weight is 294 g/mol. The first kappa shape index (κ1) is 14.1. The number of benzene rings is 1. The molecule has 1 amide bonds. The summed E-state index contributed by atoms with van der Waals surface area (Å²) in [5, 5.41) is 9.88. The molecule has 0 fully saturated rings. The number of hydrogen-bond donors (Lipinski definition) is 2. The maximum absolute atomic E-state index is 12.1. The monoisotopic (exact) mass is 294 g/mol. The summed E-state index contributed by atoms with van der Waals surface area (Å²) >= 11 is 0. The van der Waals surface area contributed by atoms with Crippen LogP contribution >= 0.6 is 0 Å². The molecule has 112 valence electrons. The fourth-order valence-corrected chi connectivity index (χ4v) is 2.27. The number of nitrogens with zero attached hydrogens (tertiary/aromatic N) is 2. The van der Waals surface area contributed by atoms with Crippen molar-refractivity contribution in [1.29, 1.82) is 0 Å². The average Bonchev–Trinajstić information content (AvgIpc) is 3.24. The van der Waals surface area contributed by atoms with Crippen LogP contribution in [0.25, 0.3) is 11.3 Å². The quantitative estimate of drug-likeness (QED) is 0.687. The van der Waals surface area contributed by atoms with Crippen molar-refractivity contribution in [2.75, 3.05) is 6.54 Å². The van der Waals surface area contributed by atoms with Crippen LogP contribution in [0, 0.1) is 0 Å². The lowest BCUT2D eigenvalue weighted by Gasteiger charge is -2.04. The van der Waals surface area contributed by atoms with E-state index in [1.807, 2.05) is 54.9 Å². The van der Waals surface area contributed by atoms with E-state index in [-0.39, 0.29) is 5.91 Å². The van der Waals surface area contributed by atoms with E-state index in [0.29, 0.717) is 12.2 Å². The van der Waals surface area contributed by atoms with Crippen LogP contribution in [0.15, 0.2) is 60.9 Å². The summed E-state index contributed by atoms with van der Waals surface area (Å²) in [4.78, 5) is 12.1. The second kappa shape index (κ2) is 6.76. The second-order valence-electron chi connectivity index (χ2n) is 5.06. The lowest BCUT2D eigenvalue weighted by atomic mass is 10.1. The van der Waals surface area contributed by atoms with Gasteiger partial charge in [0, 0.05) is 31.0 Å². The Kier molecular flexibility index (Phi) is 4.34. The predicted octanol–water partition coefficient (Wildman–Crippen LogP) is 2.70. The van der Waals surface area contributed by atoms with Gasteiger partial charge in [-0.1, -0.05) is 30.3 Å². The number of nitrogens with one attached hydrogen (secondary N) is 2. The molecule has 0 atom stereocenters. The van der Waals surface area contributed by atoms with Crippen molar-refractivity contribution in [3.05, 3.63) is 66.6 Å². The number of amides is 1. The lowest BCUT2D eigenvalue weighted by molar-refractivity contribution is 0.0947. The van der Waals surface area contributed by atoms with Crippen LogP contribution in [-0.2, 0) is 6.54 Å². The molecular formula is C17H18N4O. The summed E-state index contributed by atoms with van der Waals surface area (Å²) in [6.45, 7) is 1.53. The molecule has 0 radical (unpaired) electrons. The smallest absolute Gasteiger partial charge is 0.269 e. The Bertz CT molecular complexity index is 716. The zero-order chi connectivity index (χ0) is 15.2. The topological polar surface area (TPSA) is 62.7 Å². The third-order valence-corrected chi connectivity index (χ3v) is 3.44. The minimum Gasteiger partial charge on any atom is -0.354 e. The first-order valence-corrected chi connectivity index (χ1v) is 7.33. The van der Waals surface area contributed by atoms with Crippen LogP contribution in [0.4, 0.5) is 0 Å². The highest BCUT2D eigenvalue weighted by atomic mass is 16.1. The molecule has 0 aliphatic carbocycles. The van der Waals surface area contributed by atoms with Crippen molar-refractivity contribution in [1.82, 2.24) is 20.1 Å². The van der Waals surface area contributed by atoms with E-state index in [0.717, 1.165) is 24.2 Å². The van der Waals surface area contributed by atoms with Crippen molar-refractivity contribution in [3.8, 4) is 11.3 Å². The van der Waals surface area contributed by atoms with Crippen molar-refractivity contribution in [2.45, 2.75) is 13.0 Å². The van der Waals surface area contributed by atoms with Crippen molar-refractivity contribution in [2.24, 2.45) is 0 Å². The maximum Gasteiger partial charge on any atom is 0.269 e. The second-order valence-corrected chi connectivity index (χ2v) is 5.06. The number of carbonyl (C=O) groups is 1. The summed E-state index contributed by atoms with van der Waals surface area (Å²) in [5.74, 6) is -0.123. The van der Waals surface area contributed by atoms with Crippen LogP contribution in [-0.4, -0.2) is 27.2 Å². The molecule has 0 aliphatic heterocycles. The molecule has 2 aromatic heterocycles. The normalized spacial score (nSPS) is 10.5. The van der Waals surface area contributed by atoms with Gasteiger partial charge in [0.15, 0.2) is 0 Å². The summed E-state index contributed by atoms with van der Waals surface area (Å²) in [5.41, 5.74) is 2.25. The molecule has 1 aromatic carbocycles. The summed E-state index contributed by atoms with van der Waals surface area (Å²) in [7, 11) is 0. The van der Waals surface area contributed by atoms with E-state index < -0.39 is 0 Å². The van der Waals surface area contributed by atoms with Gasteiger partial charge in [-0.05, 0) is 24.6 Å². The molecule has 0 spiro atoms. The molecule has 0 unspecified atom stereocenters. The molecule has 2 N–H and O–H groups in total. The van der Waals surface area contributed by atoms with Crippen LogP contribution in [0.2, 0.25) is 0 Å². The van der Waals surface area contributed by atoms with Gasteiger partial charge in [0.25, 0.3) is 5.91 Å². The van der Waals surface area contributed by atoms with Gasteiger partial charge in [-0.15, -0.1) is 0 Å². The number of rotatable bonds is 6. The zero-order valence-corrected chi connectivity index (χ0v) is 12.2. The Labute approximate surface area is 129 Å². The molecule has 2 heterocycles. The largest absolute Gasteiger partial charge is 0.354 e. The summed E-state index contributed by atoms with van der Waals surface area (Å²) in [6, 6.07) is 15.5. The fourth-order valence-electron chi connectivity index (χ4n) is 2.27. The highest BCUT2D eigenvalue weighted by Gasteiger charge is 2.10. The Morgan fingerprint density at radius 3 is 2.68 bits per heavy atom. The van der Waals surface area contributed by atoms with Crippen LogP contribution in [0.1, 0.15) is 16.9 Å². The van der Waals surface area contributed by atoms with Crippen LogP contribution < -0.4 is 5.32 Å². The Morgan fingerprint density at radius 1 is 1.14 bits per heavy atom. The molecule has 3 aromatic rings. The Balaban J connectivity index is 1.51. The van der Waals surface area contributed by atoms with Gasteiger partial charge in [-0.3, -0.25) is 9.89 Å². The highest BCUT2D eigenvalue weighted by molar-refractivity contribution is 5.93. The van der Waals surface area contributed by atoms with E-state index in [1.165, 1.54) is 0 Å². The molecule has 5 heteroatoms. The SMILES string of the molecule is O=C(NCCCn1cccc1)c1cc(-c2ccccc2)n[nH]1.